The van der Waals surface area contributed by atoms with Crippen LogP contribution in [0, 0.1) is 0 Å². The molecular formula is C12H12BrClO. The molecule has 15 heavy (non-hydrogen) atoms. The Labute approximate surface area is 103 Å². The van der Waals surface area contributed by atoms with E-state index < -0.39 is 0 Å². The maximum atomic E-state index is 11.3. The molecule has 1 fully saturated rings. The molecule has 80 valence electrons. The monoisotopic (exact) mass is 286 g/mol. The van der Waals surface area contributed by atoms with E-state index in [0.29, 0.717) is 11.5 Å². The third-order valence-corrected chi connectivity index (χ3v) is 3.72. The Bertz CT molecular complexity index is 383. The number of halogens is 2. The number of hydrogen-bond donors (Lipinski definition) is 0. The first kappa shape index (κ1) is 11.2. The number of carbonyl (C=O) groups is 1. The number of carbonyl (C=O) groups excluding carboxylic acids is 1. The van der Waals surface area contributed by atoms with Gasteiger partial charge < -0.3 is 0 Å². The lowest BCUT2D eigenvalue weighted by Gasteiger charge is -2.13. The summed E-state index contributed by atoms with van der Waals surface area (Å²) in [6.45, 7) is 0. The van der Waals surface area contributed by atoms with E-state index in [1.165, 1.54) is 25.7 Å². The highest BCUT2D eigenvalue weighted by Gasteiger charge is 2.22. The lowest BCUT2D eigenvalue weighted by molar-refractivity contribution is 0.108. The fourth-order valence-electron chi connectivity index (χ4n) is 2.29. The average Bonchev–Trinajstić information content (AvgIpc) is 2.69. The summed E-state index contributed by atoms with van der Waals surface area (Å²) in [6, 6.07) is 5.72. The van der Waals surface area contributed by atoms with E-state index in [2.05, 4.69) is 15.9 Å². The molecule has 0 unspecified atom stereocenters. The van der Waals surface area contributed by atoms with Crippen LogP contribution in [0.1, 0.15) is 47.5 Å². The van der Waals surface area contributed by atoms with Crippen LogP contribution in [-0.2, 0) is 0 Å². The van der Waals surface area contributed by atoms with Gasteiger partial charge in [-0.05, 0) is 54.1 Å². The molecule has 0 aliphatic heterocycles. The fourth-order valence-corrected chi connectivity index (χ4v) is 2.84. The molecule has 1 nitrogen and oxygen atoms in total. The third kappa shape index (κ3) is 2.43. The van der Waals surface area contributed by atoms with Crippen molar-refractivity contribution in [2.45, 2.75) is 31.6 Å². The van der Waals surface area contributed by atoms with Crippen molar-refractivity contribution in [2.75, 3.05) is 0 Å². The Morgan fingerprint density at radius 3 is 2.60 bits per heavy atom. The molecule has 0 aromatic heterocycles. The Kier molecular flexibility index (Phi) is 3.47. The summed E-state index contributed by atoms with van der Waals surface area (Å²) < 4.78 is 1.02. The predicted octanol–water partition coefficient (Wildman–Crippen LogP) is 4.49. The van der Waals surface area contributed by atoms with Crippen LogP contribution in [0.5, 0.6) is 0 Å². The van der Waals surface area contributed by atoms with E-state index in [1.54, 1.807) is 0 Å². The average molecular weight is 288 g/mol. The largest absolute Gasteiger partial charge is 0.276 e. The predicted molar refractivity (Wildman–Crippen MR) is 65.5 cm³/mol. The smallest absolute Gasteiger partial charge is 0.252 e. The maximum Gasteiger partial charge on any atom is 0.252 e. The Morgan fingerprint density at radius 1 is 1.33 bits per heavy atom. The minimum Gasteiger partial charge on any atom is -0.276 e. The van der Waals surface area contributed by atoms with Crippen molar-refractivity contribution < 1.29 is 4.79 Å². The summed E-state index contributed by atoms with van der Waals surface area (Å²) in [7, 11) is 0. The molecule has 2 rings (SSSR count). The summed E-state index contributed by atoms with van der Waals surface area (Å²) in [4.78, 5) is 11.3. The lowest BCUT2D eigenvalue weighted by atomic mass is 9.93. The van der Waals surface area contributed by atoms with E-state index in [-0.39, 0.29) is 5.24 Å². The van der Waals surface area contributed by atoms with Gasteiger partial charge in [0.15, 0.2) is 0 Å². The van der Waals surface area contributed by atoms with Crippen LogP contribution in [0.3, 0.4) is 0 Å². The molecule has 0 spiro atoms. The van der Waals surface area contributed by atoms with E-state index in [0.717, 1.165) is 10.0 Å². The van der Waals surface area contributed by atoms with Gasteiger partial charge in [-0.2, -0.15) is 0 Å². The van der Waals surface area contributed by atoms with Gasteiger partial charge >= 0.3 is 0 Å². The standard InChI is InChI=1S/C12H12BrClO/c13-9-5-6-10(12(14)15)11(7-9)8-3-1-2-4-8/h5-8H,1-4H2. The molecule has 0 heterocycles. The minimum atomic E-state index is -0.343. The SMILES string of the molecule is O=C(Cl)c1ccc(Br)cc1C1CCCC1. The molecule has 1 aromatic carbocycles. The highest BCUT2D eigenvalue weighted by molar-refractivity contribution is 9.10. The zero-order chi connectivity index (χ0) is 10.8. The van der Waals surface area contributed by atoms with Crippen LogP contribution < -0.4 is 0 Å². The molecule has 0 N–H and O–H groups in total. The third-order valence-electron chi connectivity index (χ3n) is 3.02. The van der Waals surface area contributed by atoms with Crippen molar-refractivity contribution in [1.82, 2.24) is 0 Å². The summed E-state index contributed by atoms with van der Waals surface area (Å²) >= 11 is 9.02. The van der Waals surface area contributed by atoms with Crippen molar-refractivity contribution in [1.29, 1.82) is 0 Å². The second-order valence-corrected chi connectivity index (χ2v) is 5.25. The second-order valence-electron chi connectivity index (χ2n) is 3.99. The molecule has 3 heteroatoms. The second kappa shape index (κ2) is 4.67. The molecular weight excluding hydrogens is 275 g/mol. The highest BCUT2D eigenvalue weighted by atomic mass is 79.9. The first-order valence-electron chi connectivity index (χ1n) is 5.18. The Morgan fingerprint density at radius 2 is 2.00 bits per heavy atom. The summed E-state index contributed by atoms with van der Waals surface area (Å²) in [5.74, 6) is 0.514. The molecule has 0 atom stereocenters. The van der Waals surface area contributed by atoms with Crippen molar-refractivity contribution in [3.05, 3.63) is 33.8 Å². The molecule has 0 bridgehead atoms. The molecule has 1 saturated carbocycles. The van der Waals surface area contributed by atoms with Crippen LogP contribution in [-0.4, -0.2) is 5.24 Å². The fraction of sp³-hybridized carbons (Fsp3) is 0.417. The van der Waals surface area contributed by atoms with Gasteiger partial charge in [0, 0.05) is 10.0 Å². The topological polar surface area (TPSA) is 17.1 Å². The van der Waals surface area contributed by atoms with Crippen LogP contribution in [0.4, 0.5) is 0 Å². The van der Waals surface area contributed by atoms with E-state index in [4.69, 9.17) is 11.6 Å². The van der Waals surface area contributed by atoms with Crippen molar-refractivity contribution in [3.8, 4) is 0 Å². The van der Waals surface area contributed by atoms with E-state index in [9.17, 15) is 4.79 Å². The molecule has 1 aliphatic carbocycles. The van der Waals surface area contributed by atoms with Crippen LogP contribution >= 0.6 is 27.5 Å². The van der Waals surface area contributed by atoms with Gasteiger partial charge in [-0.1, -0.05) is 28.8 Å². The first-order chi connectivity index (χ1) is 7.18. The quantitative estimate of drug-likeness (QED) is 0.733. The van der Waals surface area contributed by atoms with Gasteiger partial charge in [-0.25, -0.2) is 0 Å². The maximum absolute atomic E-state index is 11.3. The molecule has 1 aliphatic rings. The van der Waals surface area contributed by atoms with Gasteiger partial charge in [-0.15, -0.1) is 0 Å². The lowest BCUT2D eigenvalue weighted by Crippen LogP contribution is -2.01. The Hall–Kier alpha value is -0.340. The Balaban J connectivity index is 2.41. The number of benzene rings is 1. The van der Waals surface area contributed by atoms with Gasteiger partial charge in [0.1, 0.15) is 0 Å². The highest BCUT2D eigenvalue weighted by Crippen LogP contribution is 2.37. The minimum absolute atomic E-state index is 0.343. The number of rotatable bonds is 2. The molecule has 1 aromatic rings. The molecule has 0 saturated heterocycles. The van der Waals surface area contributed by atoms with Crippen LogP contribution in [0.25, 0.3) is 0 Å². The number of hydrogen-bond acceptors (Lipinski definition) is 1. The van der Waals surface area contributed by atoms with E-state index in [1.807, 2.05) is 18.2 Å². The summed E-state index contributed by atoms with van der Waals surface area (Å²) in [5.41, 5.74) is 1.79. The van der Waals surface area contributed by atoms with Crippen molar-refractivity contribution >= 4 is 32.8 Å². The van der Waals surface area contributed by atoms with E-state index >= 15 is 0 Å². The van der Waals surface area contributed by atoms with Crippen LogP contribution in [0.2, 0.25) is 0 Å². The van der Waals surface area contributed by atoms with Crippen LogP contribution in [0.15, 0.2) is 22.7 Å². The summed E-state index contributed by atoms with van der Waals surface area (Å²) in [5, 5.41) is -0.343. The molecule has 0 amide bonds. The molecule has 0 radical (unpaired) electrons. The van der Waals surface area contributed by atoms with Crippen molar-refractivity contribution in [2.24, 2.45) is 0 Å². The zero-order valence-electron chi connectivity index (χ0n) is 8.30. The van der Waals surface area contributed by atoms with Gasteiger partial charge in [-0.3, -0.25) is 4.79 Å². The first-order valence-corrected chi connectivity index (χ1v) is 6.35. The zero-order valence-corrected chi connectivity index (χ0v) is 10.6. The summed E-state index contributed by atoms with van der Waals surface area (Å²) in [6.07, 6.45) is 4.86. The van der Waals surface area contributed by atoms with Gasteiger partial charge in [0.25, 0.3) is 5.24 Å². The van der Waals surface area contributed by atoms with Crippen molar-refractivity contribution in [3.63, 3.8) is 0 Å². The van der Waals surface area contributed by atoms with Gasteiger partial charge in [0.05, 0.1) is 0 Å². The normalized spacial score (nSPS) is 16.9. The van der Waals surface area contributed by atoms with Gasteiger partial charge in [0.2, 0.25) is 0 Å².